The second kappa shape index (κ2) is 16.1. The number of nitrogens with zero attached hydrogens (tertiary/aromatic N) is 5. The van der Waals surface area contributed by atoms with Crippen molar-refractivity contribution in [2.24, 2.45) is 18.4 Å². The summed E-state index contributed by atoms with van der Waals surface area (Å²) in [5.74, 6) is 8.88. The van der Waals surface area contributed by atoms with E-state index in [0.29, 0.717) is 11.6 Å². The fraction of sp³-hybridized carbons (Fsp3) is 0.404. The number of rotatable bonds is 6. The molecule has 5 aromatic heterocycles. The zero-order valence-corrected chi connectivity index (χ0v) is 39.7. The van der Waals surface area contributed by atoms with E-state index in [1.165, 1.54) is 11.1 Å². The number of aromatic nitrogens is 5. The van der Waals surface area contributed by atoms with Crippen molar-refractivity contribution in [3.05, 3.63) is 101 Å². The summed E-state index contributed by atoms with van der Waals surface area (Å²) in [7, 11) is 2.03. The van der Waals surface area contributed by atoms with E-state index in [1.54, 1.807) is 4.40 Å². The van der Waals surface area contributed by atoms with Crippen LogP contribution in [0.2, 0.25) is 17.3 Å². The number of aryl methyl sites for hydroxylation is 3. The summed E-state index contributed by atoms with van der Waals surface area (Å²) in [5.41, 5.74) is 12.7. The molecular weight excluding hydrogens is 915 g/mol. The third-order valence-electron chi connectivity index (χ3n) is 9.81. The van der Waals surface area contributed by atoms with Crippen LogP contribution >= 0.6 is 0 Å². The zero-order chi connectivity index (χ0) is 39.3. The first-order valence-corrected chi connectivity index (χ1v) is 26.6. The molecule has 7 rings (SSSR count). The molecule has 0 bridgehead atoms. The van der Waals surface area contributed by atoms with Gasteiger partial charge in [0.15, 0.2) is 0 Å². The van der Waals surface area contributed by atoms with Crippen LogP contribution in [-0.2, 0) is 45.4 Å². The van der Waals surface area contributed by atoms with Gasteiger partial charge in [-0.15, -0.1) is 23.8 Å². The molecule has 0 N–H and O–H groups in total. The second-order valence-electron chi connectivity index (χ2n) is 18.6. The summed E-state index contributed by atoms with van der Waals surface area (Å²) in [4.78, 5) is 19.0. The Balaban J connectivity index is 0.000000213. The number of imidazole rings is 1. The van der Waals surface area contributed by atoms with Crippen molar-refractivity contribution < 1.29 is 24.5 Å². The number of furan rings is 1. The van der Waals surface area contributed by atoms with Crippen LogP contribution in [0.1, 0.15) is 83.6 Å². The van der Waals surface area contributed by atoms with Crippen molar-refractivity contribution in [2.45, 2.75) is 105 Å². The molecule has 7 aromatic rings. The van der Waals surface area contributed by atoms with Crippen molar-refractivity contribution in [3.63, 3.8) is 0 Å². The van der Waals surface area contributed by atoms with Gasteiger partial charge in [0.25, 0.3) is 0 Å². The molecular formula is C47H57GeIrN5O-2. The van der Waals surface area contributed by atoms with Gasteiger partial charge >= 0.3 is 151 Å². The molecule has 291 valence electrons. The molecule has 0 aliphatic carbocycles. The minimum atomic E-state index is -1.90. The zero-order valence-electron chi connectivity index (χ0n) is 35.2. The van der Waals surface area contributed by atoms with Crippen LogP contribution in [0.15, 0.2) is 65.2 Å². The molecule has 0 aliphatic heterocycles. The van der Waals surface area contributed by atoms with Gasteiger partial charge in [-0.1, -0.05) is 26.2 Å². The molecule has 0 saturated heterocycles. The fourth-order valence-corrected chi connectivity index (χ4v) is 10.6. The molecule has 0 saturated carbocycles. The standard InChI is InChI=1S/C25H25N4O.C22H32GeN.Ir/c1-14-11-20-22(15(2)26-14)29(6)23(28-20)16-7-10-21-19(12-16)18-9-8-17(13-25(3,4)5)27-24(18)30-21;1-16(2)13-18-14-21(24-15-20(18)23(6,7)8)17-9-11-19(12-10-17)22(3,4)5;/h8-12H,13H2,1-6H3;9,11-12,14-16H,13H2,1-8H3;/q2*-1;. The van der Waals surface area contributed by atoms with Gasteiger partial charge in [0.1, 0.15) is 0 Å². The summed E-state index contributed by atoms with van der Waals surface area (Å²) < 4.78 is 9.68. The van der Waals surface area contributed by atoms with Crippen molar-refractivity contribution in [1.29, 1.82) is 0 Å². The van der Waals surface area contributed by atoms with Crippen LogP contribution in [0.5, 0.6) is 0 Å². The smallest absolute Gasteiger partial charge is 0.216 e. The molecule has 0 aliphatic rings. The number of hydrogen-bond donors (Lipinski definition) is 0. The van der Waals surface area contributed by atoms with Gasteiger partial charge in [0.2, 0.25) is 5.71 Å². The van der Waals surface area contributed by atoms with Gasteiger partial charge in [0, 0.05) is 43.9 Å². The quantitative estimate of drug-likeness (QED) is 0.123. The Morgan fingerprint density at radius 1 is 0.836 bits per heavy atom. The van der Waals surface area contributed by atoms with E-state index in [-0.39, 0.29) is 30.9 Å². The van der Waals surface area contributed by atoms with Crippen LogP contribution in [0, 0.1) is 37.3 Å². The Labute approximate surface area is 344 Å². The minimum absolute atomic E-state index is 0. The van der Waals surface area contributed by atoms with Crippen LogP contribution in [0.3, 0.4) is 0 Å². The normalized spacial score (nSPS) is 12.3. The predicted molar refractivity (Wildman–Crippen MR) is 229 cm³/mol. The topological polar surface area (TPSA) is 69.6 Å². The Hall–Kier alpha value is -3.65. The van der Waals surface area contributed by atoms with E-state index < -0.39 is 13.3 Å². The Morgan fingerprint density at radius 3 is 2.16 bits per heavy atom. The summed E-state index contributed by atoms with van der Waals surface area (Å²) in [6.07, 6.45) is 4.19. The first-order chi connectivity index (χ1) is 25.2. The average molecular weight is 973 g/mol. The summed E-state index contributed by atoms with van der Waals surface area (Å²) in [5, 5.41) is 2.05. The number of fused-ring (bicyclic) bond motifs is 4. The molecule has 0 fully saturated rings. The Kier molecular flexibility index (Phi) is 12.4. The van der Waals surface area contributed by atoms with Gasteiger partial charge in [-0.25, -0.2) is 4.98 Å². The summed E-state index contributed by atoms with van der Waals surface area (Å²) >= 11 is -1.90. The third-order valence-corrected chi connectivity index (χ3v) is 14.2. The SMILES string of the molecule is CC(C)Cc1cc(-c2[c-]cc(C(C)(C)C)cc2)nc[c]1[Ge]([CH3])([CH3])[CH3].Cc1cc2nc(-c3[c-]cc4oc5nc(CC(C)(C)C)ccc5c4c3)n(C)c2c(C)n1.[Ir]. The number of pyridine rings is 3. The van der Waals surface area contributed by atoms with Crippen molar-refractivity contribution >= 4 is 50.8 Å². The fourth-order valence-electron chi connectivity index (χ4n) is 7.23. The van der Waals surface area contributed by atoms with E-state index in [1.807, 2.05) is 33.0 Å². The van der Waals surface area contributed by atoms with Crippen LogP contribution < -0.4 is 4.40 Å². The predicted octanol–water partition coefficient (Wildman–Crippen LogP) is 11.5. The van der Waals surface area contributed by atoms with Gasteiger partial charge < -0.3 is 8.98 Å². The third kappa shape index (κ3) is 9.67. The molecule has 55 heavy (non-hydrogen) atoms. The van der Waals surface area contributed by atoms with Gasteiger partial charge in [-0.3, -0.25) is 9.97 Å². The number of hydrogen-bond acceptors (Lipinski definition) is 5. The van der Waals surface area contributed by atoms with Crippen LogP contribution in [0.4, 0.5) is 0 Å². The summed E-state index contributed by atoms with van der Waals surface area (Å²) in [6.45, 7) is 22.0. The molecule has 8 heteroatoms. The molecule has 5 heterocycles. The van der Waals surface area contributed by atoms with E-state index in [9.17, 15) is 0 Å². The minimum Gasteiger partial charge on any atom is -0.486 e. The maximum atomic E-state index is 6.04. The first kappa shape index (κ1) is 42.5. The summed E-state index contributed by atoms with van der Waals surface area (Å²) in [6, 6.07) is 25.9. The molecule has 0 spiro atoms. The molecule has 1 radical (unpaired) electrons. The van der Waals surface area contributed by atoms with Gasteiger partial charge in [0.05, 0.1) is 28.1 Å². The molecule has 6 nitrogen and oxygen atoms in total. The Bertz CT molecular complexity index is 2460. The van der Waals surface area contributed by atoms with Gasteiger partial charge in [-0.05, 0) is 43.9 Å². The maximum Gasteiger partial charge on any atom is 0.216 e. The molecule has 0 atom stereocenters. The van der Waals surface area contributed by atoms with Crippen LogP contribution in [-0.4, -0.2) is 37.8 Å². The molecule has 2 aromatic carbocycles. The van der Waals surface area contributed by atoms with E-state index in [0.717, 1.165) is 80.0 Å². The molecule has 0 amide bonds. The van der Waals surface area contributed by atoms with E-state index >= 15 is 0 Å². The van der Waals surface area contributed by atoms with Crippen molar-refractivity contribution in [1.82, 2.24) is 24.5 Å². The first-order valence-electron chi connectivity index (χ1n) is 19.2. The average Bonchev–Trinajstić information content (AvgIpc) is 3.59. The maximum absolute atomic E-state index is 6.04. The second-order valence-corrected chi connectivity index (χ2v) is 29.2. The van der Waals surface area contributed by atoms with E-state index in [4.69, 9.17) is 19.4 Å². The van der Waals surface area contributed by atoms with E-state index in [2.05, 4.69) is 143 Å². The Morgan fingerprint density at radius 2 is 1.55 bits per heavy atom. The monoisotopic (exact) mass is 974 g/mol. The van der Waals surface area contributed by atoms with Crippen LogP contribution in [0.25, 0.3) is 55.7 Å². The van der Waals surface area contributed by atoms with Crippen molar-refractivity contribution in [2.75, 3.05) is 0 Å². The molecule has 0 unspecified atom stereocenters. The number of benzene rings is 2. The largest absolute Gasteiger partial charge is 0.486 e. The van der Waals surface area contributed by atoms with Crippen molar-refractivity contribution in [3.8, 4) is 22.6 Å². The van der Waals surface area contributed by atoms with Gasteiger partial charge in [-0.2, -0.15) is 0 Å².